The van der Waals surface area contributed by atoms with Gasteiger partial charge >= 0.3 is 6.18 Å². The summed E-state index contributed by atoms with van der Waals surface area (Å²) in [5.74, 6) is -0.487. The number of benzene rings is 1. The molecule has 0 N–H and O–H groups in total. The van der Waals surface area contributed by atoms with Gasteiger partial charge in [-0.1, -0.05) is 0 Å². The Hall–Kier alpha value is -3.69. The van der Waals surface area contributed by atoms with Gasteiger partial charge in [0.2, 0.25) is 5.91 Å². The molecule has 190 valence electrons. The highest BCUT2D eigenvalue weighted by Crippen LogP contribution is 2.39. The van der Waals surface area contributed by atoms with Crippen molar-refractivity contribution in [2.45, 2.75) is 6.18 Å². The fraction of sp³-hybridized carbons (Fsp3) is 0.417. The molecule has 1 aliphatic heterocycles. The van der Waals surface area contributed by atoms with E-state index in [2.05, 4.69) is 9.97 Å². The minimum absolute atomic E-state index is 0.0294. The molecule has 3 aromatic rings. The second kappa shape index (κ2) is 10.5. The number of hydrogen-bond acceptors (Lipinski definition) is 7. The molecule has 1 fully saturated rings. The zero-order valence-electron chi connectivity index (χ0n) is 19.9. The first-order valence-electron chi connectivity index (χ1n) is 11.3. The van der Waals surface area contributed by atoms with Gasteiger partial charge in [-0.2, -0.15) is 18.4 Å². The topological polar surface area (TPSA) is 96.5 Å². The molecule has 9 nitrogen and oxygen atoms in total. The first kappa shape index (κ1) is 25.4. The smallest absolute Gasteiger partial charge is 0.419 e. The fourth-order valence-corrected chi connectivity index (χ4v) is 3.88. The number of likely N-dealkylation sites (N-methyl/N-ethyl adjacent to an activating group) is 1. The number of ether oxygens (including phenoxy) is 2. The van der Waals surface area contributed by atoms with Crippen LogP contribution in [-0.2, 0) is 22.8 Å². The monoisotopic (exact) mass is 502 g/mol. The van der Waals surface area contributed by atoms with E-state index in [0.717, 1.165) is 6.07 Å². The fourth-order valence-electron chi connectivity index (χ4n) is 3.88. The first-order valence-corrected chi connectivity index (χ1v) is 11.3. The normalized spacial score (nSPS) is 14.6. The van der Waals surface area contributed by atoms with Crippen molar-refractivity contribution >= 4 is 16.9 Å². The summed E-state index contributed by atoms with van der Waals surface area (Å²) in [6.45, 7) is 2.71. The van der Waals surface area contributed by atoms with Crippen LogP contribution in [0.25, 0.3) is 22.3 Å². The molecular formula is C24H25F3N6O3. The van der Waals surface area contributed by atoms with Gasteiger partial charge in [0, 0.05) is 32.7 Å². The van der Waals surface area contributed by atoms with Crippen LogP contribution in [0.5, 0.6) is 5.75 Å². The lowest BCUT2D eigenvalue weighted by molar-refractivity contribution is -0.139. The molecule has 1 saturated heterocycles. The molecule has 1 aliphatic rings. The Morgan fingerprint density at radius 2 is 2.03 bits per heavy atom. The Kier molecular flexibility index (Phi) is 7.42. The van der Waals surface area contributed by atoms with Crippen LogP contribution < -0.4 is 4.74 Å². The maximum atomic E-state index is 13.9. The van der Waals surface area contributed by atoms with Crippen LogP contribution in [0.1, 0.15) is 11.3 Å². The lowest BCUT2D eigenvalue weighted by atomic mass is 10.1. The van der Waals surface area contributed by atoms with Crippen molar-refractivity contribution in [1.82, 2.24) is 24.3 Å². The Morgan fingerprint density at radius 1 is 1.28 bits per heavy atom. The van der Waals surface area contributed by atoms with Gasteiger partial charge in [-0.15, -0.1) is 0 Å². The Bertz CT molecular complexity index is 1290. The van der Waals surface area contributed by atoms with Gasteiger partial charge in [0.05, 0.1) is 49.4 Å². The van der Waals surface area contributed by atoms with Crippen LogP contribution in [0.15, 0.2) is 30.6 Å². The molecule has 1 aromatic carbocycles. The van der Waals surface area contributed by atoms with Crippen LogP contribution in [0.4, 0.5) is 13.2 Å². The molecule has 0 atom stereocenters. The summed E-state index contributed by atoms with van der Waals surface area (Å²) in [5, 5.41) is 9.42. The molecule has 0 unspecified atom stereocenters. The van der Waals surface area contributed by atoms with E-state index in [4.69, 9.17) is 9.47 Å². The van der Waals surface area contributed by atoms with Gasteiger partial charge in [-0.3, -0.25) is 9.69 Å². The van der Waals surface area contributed by atoms with Crippen molar-refractivity contribution in [3.8, 4) is 23.1 Å². The number of aryl methyl sites for hydroxylation is 1. The molecule has 12 heteroatoms. The summed E-state index contributed by atoms with van der Waals surface area (Å²) in [7, 11) is 3.31. The molecule has 36 heavy (non-hydrogen) atoms. The minimum Gasteiger partial charge on any atom is -0.491 e. The summed E-state index contributed by atoms with van der Waals surface area (Å²) >= 11 is 0. The number of fused-ring (bicyclic) bond motifs is 1. The molecule has 1 amide bonds. The lowest BCUT2D eigenvalue weighted by Crippen LogP contribution is -2.44. The average molecular weight is 502 g/mol. The Morgan fingerprint density at radius 3 is 2.72 bits per heavy atom. The van der Waals surface area contributed by atoms with Crippen molar-refractivity contribution < 1.29 is 27.4 Å². The number of halogens is 3. The summed E-state index contributed by atoms with van der Waals surface area (Å²) in [4.78, 5) is 24.1. The van der Waals surface area contributed by atoms with Crippen LogP contribution in [0.2, 0.25) is 0 Å². The third-order valence-corrected chi connectivity index (χ3v) is 5.97. The van der Waals surface area contributed by atoms with Crippen LogP contribution >= 0.6 is 0 Å². The summed E-state index contributed by atoms with van der Waals surface area (Å²) in [5.41, 5.74) is 0.428. The van der Waals surface area contributed by atoms with Crippen LogP contribution in [0, 0.1) is 11.3 Å². The predicted octanol–water partition coefficient (Wildman–Crippen LogP) is 2.70. The van der Waals surface area contributed by atoms with Gasteiger partial charge in [-0.25, -0.2) is 9.97 Å². The maximum Gasteiger partial charge on any atom is 0.419 e. The quantitative estimate of drug-likeness (QED) is 0.490. The molecule has 0 bridgehead atoms. The van der Waals surface area contributed by atoms with Crippen LogP contribution in [-0.4, -0.2) is 83.3 Å². The average Bonchev–Trinajstić information content (AvgIpc) is 3.24. The van der Waals surface area contributed by atoms with E-state index in [1.165, 1.54) is 23.4 Å². The third kappa shape index (κ3) is 5.58. The molecule has 2 aromatic heterocycles. The highest BCUT2D eigenvalue weighted by Gasteiger charge is 2.35. The number of hydrogen-bond donors (Lipinski definition) is 0. The number of amides is 1. The third-order valence-electron chi connectivity index (χ3n) is 5.97. The van der Waals surface area contributed by atoms with E-state index >= 15 is 0 Å². The number of pyridine rings is 1. The number of carbonyl (C=O) groups excluding carboxylic acids is 1. The number of nitriles is 1. The van der Waals surface area contributed by atoms with E-state index in [-0.39, 0.29) is 48.3 Å². The standard InChI is InChI=1S/C24H25F3N6O3/c1-31(22(34)14-33-6-8-35-9-7-33)5-10-36-21-4-3-16(11-17(21)24(25,26)27)18-12-20-23(19(13-28)30-18)29-15-32(20)2/h3-4,11-12,15H,5-10,14H2,1-2H3. The van der Waals surface area contributed by atoms with Gasteiger partial charge in [0.25, 0.3) is 0 Å². The number of aromatic nitrogens is 3. The minimum atomic E-state index is -4.68. The Labute approximate surface area is 205 Å². The van der Waals surface area contributed by atoms with Gasteiger partial charge in [0.1, 0.15) is 23.9 Å². The van der Waals surface area contributed by atoms with Gasteiger partial charge in [0.15, 0.2) is 5.69 Å². The van der Waals surface area contributed by atoms with E-state index in [0.29, 0.717) is 37.3 Å². The first-order chi connectivity index (χ1) is 17.2. The summed E-state index contributed by atoms with van der Waals surface area (Å²) < 4.78 is 54.0. The molecule has 0 spiro atoms. The van der Waals surface area contributed by atoms with Gasteiger partial charge < -0.3 is 18.9 Å². The highest BCUT2D eigenvalue weighted by atomic mass is 19.4. The number of imidazole rings is 1. The second-order valence-corrected chi connectivity index (χ2v) is 8.45. The van der Waals surface area contributed by atoms with Crippen molar-refractivity contribution in [2.24, 2.45) is 7.05 Å². The molecule has 0 radical (unpaired) electrons. The Balaban J connectivity index is 1.49. The van der Waals surface area contributed by atoms with Crippen molar-refractivity contribution in [1.29, 1.82) is 5.26 Å². The zero-order chi connectivity index (χ0) is 25.9. The summed E-state index contributed by atoms with van der Waals surface area (Å²) in [6.07, 6.45) is -3.17. The number of rotatable bonds is 7. The molecular weight excluding hydrogens is 477 g/mol. The number of nitrogens with zero attached hydrogens (tertiary/aromatic N) is 6. The van der Waals surface area contributed by atoms with E-state index in [1.54, 1.807) is 24.7 Å². The van der Waals surface area contributed by atoms with Crippen molar-refractivity contribution in [2.75, 3.05) is 53.0 Å². The second-order valence-electron chi connectivity index (χ2n) is 8.45. The number of carbonyl (C=O) groups is 1. The molecule has 4 rings (SSSR count). The molecule has 0 saturated carbocycles. The number of alkyl halides is 3. The zero-order valence-corrected chi connectivity index (χ0v) is 19.9. The van der Waals surface area contributed by atoms with Crippen molar-refractivity contribution in [3.05, 3.63) is 41.9 Å². The highest BCUT2D eigenvalue weighted by molar-refractivity contribution is 5.84. The number of morpholine rings is 1. The lowest BCUT2D eigenvalue weighted by Gasteiger charge is -2.28. The summed E-state index contributed by atoms with van der Waals surface area (Å²) in [6, 6.07) is 7.18. The molecule has 0 aliphatic carbocycles. The predicted molar refractivity (Wildman–Crippen MR) is 124 cm³/mol. The molecule has 3 heterocycles. The van der Waals surface area contributed by atoms with Crippen LogP contribution in [0.3, 0.4) is 0 Å². The van der Waals surface area contributed by atoms with Crippen molar-refractivity contribution in [3.63, 3.8) is 0 Å². The maximum absolute atomic E-state index is 13.9. The van der Waals surface area contributed by atoms with E-state index in [1.807, 2.05) is 11.0 Å². The van der Waals surface area contributed by atoms with E-state index < -0.39 is 11.7 Å². The van der Waals surface area contributed by atoms with Gasteiger partial charge in [-0.05, 0) is 24.3 Å². The largest absolute Gasteiger partial charge is 0.491 e. The van der Waals surface area contributed by atoms with E-state index in [9.17, 15) is 23.2 Å². The SMILES string of the molecule is CN(CCOc1ccc(-c2cc3c(ncn3C)c(C#N)n2)cc1C(F)(F)F)C(=O)CN1CCOCC1.